The summed E-state index contributed by atoms with van der Waals surface area (Å²) in [7, 11) is 1.64. The van der Waals surface area contributed by atoms with E-state index in [1.807, 2.05) is 35.0 Å². The molecule has 41 heavy (non-hydrogen) atoms. The van der Waals surface area contributed by atoms with Crippen molar-refractivity contribution in [2.75, 3.05) is 46.7 Å². The van der Waals surface area contributed by atoms with Gasteiger partial charge in [0.15, 0.2) is 17.3 Å². The summed E-state index contributed by atoms with van der Waals surface area (Å²) in [5.41, 5.74) is 2.39. The van der Waals surface area contributed by atoms with Crippen molar-refractivity contribution in [3.8, 4) is 17.2 Å². The van der Waals surface area contributed by atoms with Gasteiger partial charge in [0.05, 0.1) is 19.8 Å². The molecule has 4 aromatic rings. The number of pyridine rings is 1. The Morgan fingerprint density at radius 3 is 2.78 bits per heavy atom. The van der Waals surface area contributed by atoms with E-state index < -0.39 is 6.04 Å². The third-order valence-corrected chi connectivity index (χ3v) is 8.19. The molecule has 3 aliphatic heterocycles. The molecule has 2 aromatic carbocycles. The molecular weight excluding hydrogens is 526 g/mol. The number of aromatic nitrogens is 5. The third kappa shape index (κ3) is 5.25. The molecule has 0 spiro atoms. The molecule has 0 unspecified atom stereocenters. The van der Waals surface area contributed by atoms with Crippen molar-refractivity contribution in [2.24, 2.45) is 0 Å². The predicted octanol–water partition coefficient (Wildman–Crippen LogP) is 2.34. The van der Waals surface area contributed by atoms with Crippen LogP contribution in [0.25, 0.3) is 10.9 Å². The lowest BCUT2D eigenvalue weighted by atomic mass is 10.0. The minimum absolute atomic E-state index is 0.0654. The summed E-state index contributed by atoms with van der Waals surface area (Å²) in [5, 5.41) is 13.7. The normalized spacial score (nSPS) is 20.1. The lowest BCUT2D eigenvalue weighted by molar-refractivity contribution is 0.0840. The number of piperazine rings is 1. The van der Waals surface area contributed by atoms with E-state index in [2.05, 4.69) is 42.4 Å². The fraction of sp³-hybridized carbons (Fsp3) is 0.448. The minimum atomic E-state index is -0.418. The number of hydrogen-bond donors (Lipinski definition) is 1. The van der Waals surface area contributed by atoms with Crippen molar-refractivity contribution in [3.63, 3.8) is 0 Å². The summed E-state index contributed by atoms with van der Waals surface area (Å²) in [6.07, 6.45) is 2.07. The average Bonchev–Trinajstić information content (AvgIpc) is 3.77. The number of hydrogen-bond acceptors (Lipinski definition) is 10. The highest BCUT2D eigenvalue weighted by Gasteiger charge is 2.33. The Morgan fingerprint density at radius 1 is 1.07 bits per heavy atom. The number of H-pyrrole nitrogens is 1. The first-order chi connectivity index (χ1) is 20.1. The van der Waals surface area contributed by atoms with Crippen LogP contribution in [0.2, 0.25) is 0 Å². The van der Waals surface area contributed by atoms with Crippen LogP contribution in [0.3, 0.4) is 0 Å². The van der Waals surface area contributed by atoms with Crippen molar-refractivity contribution in [1.82, 2.24) is 35.0 Å². The molecule has 12 nitrogen and oxygen atoms in total. The smallest absolute Gasteiger partial charge is 0.253 e. The molecule has 2 fully saturated rings. The van der Waals surface area contributed by atoms with Gasteiger partial charge >= 0.3 is 0 Å². The van der Waals surface area contributed by atoms with Crippen molar-refractivity contribution in [1.29, 1.82) is 0 Å². The lowest BCUT2D eigenvalue weighted by Crippen LogP contribution is -2.48. The molecule has 1 N–H and O–H groups in total. The summed E-state index contributed by atoms with van der Waals surface area (Å²) in [6.45, 7) is 5.55. The fourth-order valence-corrected chi connectivity index (χ4v) is 6.03. The Hall–Kier alpha value is -4.00. The van der Waals surface area contributed by atoms with Crippen molar-refractivity contribution >= 4 is 10.9 Å². The molecule has 12 heteroatoms. The molecule has 7 rings (SSSR count). The summed E-state index contributed by atoms with van der Waals surface area (Å²) < 4.78 is 24.2. The number of fused-ring (bicyclic) bond motifs is 2. The quantitative estimate of drug-likeness (QED) is 0.344. The van der Waals surface area contributed by atoms with Crippen molar-refractivity contribution < 1.29 is 18.9 Å². The standard InChI is InChI=1S/C29H33N7O5/c1-38-21-5-6-24-20(14-21)15-23(29(37)30-24)27(28-31-32-33-36(28)17-22-3-2-12-39-22)35-10-8-34(9-11-35)16-19-4-7-25-26(13-19)41-18-40-25/h4-7,13-15,22,27H,2-3,8-12,16-18H2,1H3,(H,30,37)/t22-,27+/m0/s1. The highest BCUT2D eigenvalue weighted by molar-refractivity contribution is 5.80. The Kier molecular flexibility index (Phi) is 7.03. The van der Waals surface area contributed by atoms with E-state index >= 15 is 0 Å². The topological polar surface area (TPSA) is 120 Å². The van der Waals surface area contributed by atoms with Gasteiger partial charge in [-0.3, -0.25) is 14.6 Å². The van der Waals surface area contributed by atoms with Gasteiger partial charge in [0.2, 0.25) is 6.79 Å². The molecule has 5 heterocycles. The fourth-order valence-electron chi connectivity index (χ4n) is 6.03. The molecule has 2 saturated heterocycles. The lowest BCUT2D eigenvalue weighted by Gasteiger charge is -2.38. The number of nitrogens with one attached hydrogen (secondary N) is 1. The first kappa shape index (κ1) is 25.9. The van der Waals surface area contributed by atoms with Gasteiger partial charge in [0, 0.05) is 55.8 Å². The summed E-state index contributed by atoms with van der Waals surface area (Å²) in [6, 6.07) is 13.3. The number of benzene rings is 2. The van der Waals surface area contributed by atoms with Crippen LogP contribution in [0.15, 0.2) is 47.3 Å². The molecular formula is C29H33N7O5. The molecule has 0 saturated carbocycles. The van der Waals surface area contributed by atoms with E-state index in [9.17, 15) is 4.79 Å². The average molecular weight is 560 g/mol. The highest BCUT2D eigenvalue weighted by Crippen LogP contribution is 2.33. The van der Waals surface area contributed by atoms with E-state index in [1.54, 1.807) is 7.11 Å². The first-order valence-electron chi connectivity index (χ1n) is 14.1. The monoisotopic (exact) mass is 559 g/mol. The molecule has 214 valence electrons. The second kappa shape index (κ2) is 11.1. The Labute approximate surface area is 236 Å². The molecule has 0 radical (unpaired) electrons. The van der Waals surface area contributed by atoms with Gasteiger partial charge in [0.1, 0.15) is 11.8 Å². The maximum absolute atomic E-state index is 13.6. The van der Waals surface area contributed by atoms with Gasteiger partial charge < -0.3 is 23.9 Å². The van der Waals surface area contributed by atoms with Crippen molar-refractivity contribution in [3.05, 3.63) is 69.8 Å². The van der Waals surface area contributed by atoms with Crippen molar-refractivity contribution in [2.45, 2.75) is 38.1 Å². The van der Waals surface area contributed by atoms with E-state index in [0.29, 0.717) is 17.9 Å². The van der Waals surface area contributed by atoms with Gasteiger partial charge in [-0.25, -0.2) is 4.68 Å². The number of nitrogens with zero attached hydrogens (tertiary/aromatic N) is 6. The second-order valence-electron chi connectivity index (χ2n) is 10.8. The van der Waals surface area contributed by atoms with E-state index in [0.717, 1.165) is 80.3 Å². The summed E-state index contributed by atoms with van der Waals surface area (Å²) in [5.74, 6) is 2.97. The predicted molar refractivity (Wildman–Crippen MR) is 149 cm³/mol. The van der Waals surface area contributed by atoms with Crippen LogP contribution >= 0.6 is 0 Å². The molecule has 2 aromatic heterocycles. The van der Waals surface area contributed by atoms with Gasteiger partial charge in [-0.05, 0) is 65.2 Å². The van der Waals surface area contributed by atoms with Gasteiger partial charge in [0.25, 0.3) is 5.56 Å². The van der Waals surface area contributed by atoms with Gasteiger partial charge in [-0.1, -0.05) is 6.07 Å². The van der Waals surface area contributed by atoms with Crippen LogP contribution in [0.1, 0.15) is 35.8 Å². The zero-order valence-corrected chi connectivity index (χ0v) is 23.0. The SMILES string of the molecule is COc1ccc2[nH]c(=O)c([C@H](c3nnnn3C[C@@H]3CCCO3)N3CCN(Cc4ccc5c(c4)OCO5)CC3)cc2c1. The van der Waals surface area contributed by atoms with Crippen LogP contribution in [-0.2, 0) is 17.8 Å². The maximum atomic E-state index is 13.6. The highest BCUT2D eigenvalue weighted by atomic mass is 16.7. The number of ether oxygens (including phenoxy) is 4. The van der Waals surface area contributed by atoms with Gasteiger partial charge in [-0.15, -0.1) is 5.10 Å². The van der Waals surface area contributed by atoms with Crippen LogP contribution in [0.4, 0.5) is 0 Å². The largest absolute Gasteiger partial charge is 0.497 e. The van der Waals surface area contributed by atoms with Crippen LogP contribution < -0.4 is 19.8 Å². The van der Waals surface area contributed by atoms with Crippen LogP contribution in [0.5, 0.6) is 17.2 Å². The molecule has 2 atom stereocenters. The second-order valence-corrected chi connectivity index (χ2v) is 10.8. The van der Waals surface area contributed by atoms with E-state index in [4.69, 9.17) is 18.9 Å². The summed E-state index contributed by atoms with van der Waals surface area (Å²) in [4.78, 5) is 21.4. The van der Waals surface area contributed by atoms with Crippen LogP contribution in [-0.4, -0.2) is 87.8 Å². The first-order valence-corrected chi connectivity index (χ1v) is 14.1. The molecule has 3 aliphatic rings. The molecule has 0 bridgehead atoms. The third-order valence-electron chi connectivity index (χ3n) is 8.19. The summed E-state index contributed by atoms with van der Waals surface area (Å²) >= 11 is 0. The van der Waals surface area contributed by atoms with Gasteiger partial charge in [-0.2, -0.15) is 0 Å². The number of rotatable bonds is 8. The minimum Gasteiger partial charge on any atom is -0.497 e. The number of methoxy groups -OCH3 is 1. The number of aromatic amines is 1. The zero-order valence-electron chi connectivity index (χ0n) is 23.0. The van der Waals surface area contributed by atoms with E-state index in [-0.39, 0.29) is 18.5 Å². The molecule has 0 aliphatic carbocycles. The Morgan fingerprint density at radius 2 is 1.95 bits per heavy atom. The maximum Gasteiger partial charge on any atom is 0.253 e. The van der Waals surface area contributed by atoms with Crippen LogP contribution in [0, 0.1) is 0 Å². The van der Waals surface area contributed by atoms with E-state index in [1.165, 1.54) is 5.56 Å². The zero-order chi connectivity index (χ0) is 27.8. The Balaban J connectivity index is 1.18. The number of tetrazole rings is 1. The Bertz CT molecular complexity index is 1590. The molecule has 0 amide bonds.